The first-order valence-corrected chi connectivity index (χ1v) is 9.88. The molecule has 5 nitrogen and oxygen atoms in total. The quantitative estimate of drug-likeness (QED) is 0.398. The second kappa shape index (κ2) is 10.1. The van der Waals surface area contributed by atoms with Crippen molar-refractivity contribution in [1.82, 2.24) is 9.78 Å². The molecule has 154 valence electrons. The van der Waals surface area contributed by atoms with E-state index in [-0.39, 0.29) is 4.49 Å². The second-order valence-corrected chi connectivity index (χ2v) is 7.22. The number of aryl methyl sites for hydroxylation is 2. The molecule has 30 heavy (non-hydrogen) atoms. The molecule has 7 heteroatoms. The number of benzene rings is 2. The van der Waals surface area contributed by atoms with Gasteiger partial charge in [0.25, 0.3) is 0 Å². The lowest BCUT2D eigenvalue weighted by atomic mass is 10.2. The number of hydrogen-bond donors (Lipinski definition) is 0. The summed E-state index contributed by atoms with van der Waals surface area (Å²) in [6.07, 6.45) is 1.57. The molecular weight excluding hydrogens is 423 g/mol. The molecule has 0 saturated carbocycles. The van der Waals surface area contributed by atoms with Crippen LogP contribution in [0.1, 0.15) is 18.2 Å². The minimum atomic E-state index is 0.176. The Bertz CT molecular complexity index is 1090. The van der Waals surface area contributed by atoms with Crippen LogP contribution in [0.15, 0.2) is 59.1 Å². The van der Waals surface area contributed by atoms with Gasteiger partial charge in [0.15, 0.2) is 0 Å². The van der Waals surface area contributed by atoms with E-state index >= 15 is 0 Å². The van der Waals surface area contributed by atoms with Crippen LogP contribution in [0.4, 0.5) is 0 Å². The van der Waals surface area contributed by atoms with Crippen molar-refractivity contribution in [3.8, 4) is 40.7 Å². The van der Waals surface area contributed by atoms with Gasteiger partial charge in [0.1, 0.15) is 39.7 Å². The summed E-state index contributed by atoms with van der Waals surface area (Å²) in [5.74, 6) is 9.27. The van der Waals surface area contributed by atoms with E-state index < -0.39 is 0 Å². The summed E-state index contributed by atoms with van der Waals surface area (Å²) in [5.41, 5.74) is 1.61. The third-order valence-corrected chi connectivity index (χ3v) is 4.31. The molecule has 0 radical (unpaired) electrons. The van der Waals surface area contributed by atoms with E-state index in [0.29, 0.717) is 35.5 Å². The fourth-order valence-corrected chi connectivity index (χ4v) is 2.78. The molecule has 2 aromatic carbocycles. The molecule has 0 unspecified atom stereocenters. The Morgan fingerprint density at radius 1 is 0.967 bits per heavy atom. The third-order valence-electron chi connectivity index (χ3n) is 4.00. The van der Waals surface area contributed by atoms with Crippen molar-refractivity contribution in [2.24, 2.45) is 7.05 Å². The molecular formula is C23H20Cl2N2O3. The molecule has 1 aromatic heterocycles. The van der Waals surface area contributed by atoms with E-state index in [4.69, 9.17) is 37.4 Å². The van der Waals surface area contributed by atoms with E-state index in [9.17, 15) is 0 Å². The van der Waals surface area contributed by atoms with Gasteiger partial charge < -0.3 is 14.2 Å². The first kappa shape index (κ1) is 21.6. The van der Waals surface area contributed by atoms with Crippen molar-refractivity contribution < 1.29 is 14.2 Å². The van der Waals surface area contributed by atoms with Crippen molar-refractivity contribution in [3.63, 3.8) is 0 Å². The van der Waals surface area contributed by atoms with E-state index in [0.717, 1.165) is 11.3 Å². The molecule has 3 aromatic rings. The van der Waals surface area contributed by atoms with Crippen molar-refractivity contribution in [2.45, 2.75) is 13.8 Å². The summed E-state index contributed by atoms with van der Waals surface area (Å²) >= 11 is 11.1. The first-order chi connectivity index (χ1) is 14.5. The van der Waals surface area contributed by atoms with Crippen LogP contribution in [0.25, 0.3) is 0 Å². The molecule has 0 atom stereocenters. The summed E-state index contributed by atoms with van der Waals surface area (Å²) in [6, 6.07) is 14.6. The van der Waals surface area contributed by atoms with Gasteiger partial charge in [-0.3, -0.25) is 0 Å². The van der Waals surface area contributed by atoms with Crippen molar-refractivity contribution >= 4 is 23.2 Å². The summed E-state index contributed by atoms with van der Waals surface area (Å²) in [7, 11) is 1.83. The molecule has 0 bridgehead atoms. The topological polar surface area (TPSA) is 45.5 Å². The molecule has 0 aliphatic heterocycles. The second-order valence-electron chi connectivity index (χ2n) is 6.22. The number of aromatic nitrogens is 2. The average molecular weight is 443 g/mol. The van der Waals surface area contributed by atoms with E-state index in [1.807, 2.05) is 62.5 Å². The maximum Gasteiger partial charge on any atom is 0.233 e. The maximum absolute atomic E-state index is 5.99. The summed E-state index contributed by atoms with van der Waals surface area (Å²) in [4.78, 5) is 0. The summed E-state index contributed by atoms with van der Waals surface area (Å²) < 4.78 is 19.2. The highest BCUT2D eigenvalue weighted by Crippen LogP contribution is 2.30. The zero-order valence-corrected chi connectivity index (χ0v) is 18.3. The molecule has 0 aliphatic carbocycles. The van der Waals surface area contributed by atoms with Gasteiger partial charge in [-0.15, -0.1) is 5.92 Å². The SMILES string of the molecule is CC#Cc1c(C)nn(C)c1Oc1ccc(Oc2ccc(OCC=C(Cl)Cl)cc2)cc1. The van der Waals surface area contributed by atoms with E-state index in [2.05, 4.69) is 16.9 Å². The number of halogens is 2. The van der Waals surface area contributed by atoms with Gasteiger partial charge in [-0.2, -0.15) is 5.10 Å². The molecule has 0 amide bonds. The first-order valence-electron chi connectivity index (χ1n) is 9.12. The maximum atomic E-state index is 5.99. The zero-order chi connectivity index (χ0) is 21.5. The van der Waals surface area contributed by atoms with Crippen LogP contribution in [0.2, 0.25) is 0 Å². The fourth-order valence-electron chi connectivity index (χ4n) is 2.65. The minimum Gasteiger partial charge on any atom is -0.489 e. The van der Waals surface area contributed by atoms with Crippen LogP contribution in [0, 0.1) is 18.8 Å². The Morgan fingerprint density at radius 2 is 1.50 bits per heavy atom. The Labute approximate surface area is 185 Å². The van der Waals surface area contributed by atoms with Gasteiger partial charge in [0, 0.05) is 7.05 Å². The van der Waals surface area contributed by atoms with Crippen LogP contribution in [-0.4, -0.2) is 16.4 Å². The van der Waals surface area contributed by atoms with Crippen LogP contribution < -0.4 is 14.2 Å². The van der Waals surface area contributed by atoms with E-state index in [1.165, 1.54) is 0 Å². The number of hydrogen-bond acceptors (Lipinski definition) is 4. The standard InChI is InChI=1S/C23H20Cl2N2O3/c1-4-5-21-16(2)26-27(3)23(21)30-20-12-10-19(11-13-20)29-18-8-6-17(7-9-18)28-15-14-22(24)25/h6-14H,15H2,1-3H3. The Kier molecular flexibility index (Phi) is 7.29. The predicted molar refractivity (Wildman–Crippen MR) is 119 cm³/mol. The lowest BCUT2D eigenvalue weighted by molar-refractivity contribution is 0.362. The van der Waals surface area contributed by atoms with Crippen molar-refractivity contribution in [2.75, 3.05) is 6.61 Å². The van der Waals surface area contributed by atoms with Crippen molar-refractivity contribution in [1.29, 1.82) is 0 Å². The van der Waals surface area contributed by atoms with Gasteiger partial charge in [0.2, 0.25) is 5.88 Å². The minimum absolute atomic E-state index is 0.176. The monoisotopic (exact) mass is 442 g/mol. The molecule has 1 heterocycles. The van der Waals surface area contributed by atoms with Crippen LogP contribution in [0.3, 0.4) is 0 Å². The van der Waals surface area contributed by atoms with Crippen LogP contribution >= 0.6 is 23.2 Å². The molecule has 0 spiro atoms. The number of nitrogens with zero attached hydrogens (tertiary/aromatic N) is 2. The Morgan fingerprint density at radius 3 is 2.03 bits per heavy atom. The molecule has 0 fully saturated rings. The highest BCUT2D eigenvalue weighted by atomic mass is 35.5. The Balaban J connectivity index is 1.64. The average Bonchev–Trinajstić information content (AvgIpc) is 2.98. The van der Waals surface area contributed by atoms with Gasteiger partial charge in [-0.25, -0.2) is 4.68 Å². The number of ether oxygens (including phenoxy) is 3. The molecule has 3 rings (SSSR count). The molecule has 0 saturated heterocycles. The highest BCUT2D eigenvalue weighted by molar-refractivity contribution is 6.55. The highest BCUT2D eigenvalue weighted by Gasteiger charge is 2.13. The Hall–Kier alpha value is -3.07. The largest absolute Gasteiger partial charge is 0.489 e. The molecule has 0 N–H and O–H groups in total. The van der Waals surface area contributed by atoms with Gasteiger partial charge in [-0.05, 0) is 68.5 Å². The fraction of sp³-hybridized carbons (Fsp3) is 0.174. The van der Waals surface area contributed by atoms with E-state index in [1.54, 1.807) is 17.7 Å². The number of rotatable bonds is 7. The lowest BCUT2D eigenvalue weighted by Crippen LogP contribution is -1.96. The van der Waals surface area contributed by atoms with Crippen LogP contribution in [-0.2, 0) is 7.05 Å². The molecule has 0 aliphatic rings. The summed E-state index contributed by atoms with van der Waals surface area (Å²) in [6.45, 7) is 3.99. The summed E-state index contributed by atoms with van der Waals surface area (Å²) in [5, 5.41) is 4.37. The van der Waals surface area contributed by atoms with Gasteiger partial charge in [-0.1, -0.05) is 29.1 Å². The third kappa shape index (κ3) is 5.73. The lowest BCUT2D eigenvalue weighted by Gasteiger charge is -2.09. The normalized spacial score (nSPS) is 10.0. The van der Waals surface area contributed by atoms with Crippen LogP contribution in [0.5, 0.6) is 28.9 Å². The predicted octanol–water partition coefficient (Wildman–Crippen LogP) is 6.38. The van der Waals surface area contributed by atoms with Gasteiger partial charge >= 0.3 is 0 Å². The smallest absolute Gasteiger partial charge is 0.233 e. The van der Waals surface area contributed by atoms with Gasteiger partial charge in [0.05, 0.1) is 5.69 Å². The van der Waals surface area contributed by atoms with Crippen molar-refractivity contribution in [3.05, 3.63) is 70.4 Å². The zero-order valence-electron chi connectivity index (χ0n) is 16.8.